The van der Waals surface area contributed by atoms with Gasteiger partial charge in [-0.2, -0.15) is 5.10 Å². The van der Waals surface area contributed by atoms with Gasteiger partial charge in [0.15, 0.2) is 0 Å². The Morgan fingerprint density at radius 2 is 1.80 bits per heavy atom. The van der Waals surface area contributed by atoms with Crippen molar-refractivity contribution >= 4 is 11.0 Å². The van der Waals surface area contributed by atoms with Gasteiger partial charge in [0.1, 0.15) is 18.5 Å². The molecule has 0 radical (unpaired) electrons. The predicted octanol–water partition coefficient (Wildman–Crippen LogP) is 2.79. The SMILES string of the molecule is CN(Cc1ccc(-n2cncn2)cc1)Cc1nc2ccccc2n1C. The molecule has 0 N–H and O–H groups in total. The molecule has 2 aromatic carbocycles. The number of aromatic nitrogens is 5. The molecule has 0 unspecified atom stereocenters. The normalized spacial score (nSPS) is 11.5. The van der Waals surface area contributed by atoms with E-state index in [4.69, 9.17) is 4.98 Å². The molecular weight excluding hydrogens is 312 g/mol. The first kappa shape index (κ1) is 15.5. The lowest BCUT2D eigenvalue weighted by atomic mass is 10.2. The van der Waals surface area contributed by atoms with Crippen molar-refractivity contribution in [2.75, 3.05) is 7.05 Å². The quantitative estimate of drug-likeness (QED) is 0.564. The number of hydrogen-bond acceptors (Lipinski definition) is 4. The average molecular weight is 332 g/mol. The summed E-state index contributed by atoms with van der Waals surface area (Å²) in [5, 5.41) is 4.15. The fourth-order valence-electron chi connectivity index (χ4n) is 3.04. The van der Waals surface area contributed by atoms with Gasteiger partial charge < -0.3 is 4.57 Å². The van der Waals surface area contributed by atoms with E-state index in [9.17, 15) is 0 Å². The summed E-state index contributed by atoms with van der Waals surface area (Å²) in [5.74, 6) is 1.07. The summed E-state index contributed by atoms with van der Waals surface area (Å²) in [6.07, 6.45) is 3.24. The Kier molecular flexibility index (Phi) is 4.03. The second-order valence-electron chi connectivity index (χ2n) is 6.25. The van der Waals surface area contributed by atoms with E-state index in [0.717, 1.165) is 30.1 Å². The number of nitrogens with zero attached hydrogens (tertiary/aromatic N) is 6. The third-order valence-electron chi connectivity index (χ3n) is 4.36. The monoisotopic (exact) mass is 332 g/mol. The first-order chi connectivity index (χ1) is 12.2. The molecule has 0 aliphatic carbocycles. The molecule has 0 aliphatic heterocycles. The standard InChI is InChI=1S/C19H20N6/c1-23(12-19-22-17-5-3-4-6-18(17)24(19)2)11-15-7-9-16(10-8-15)25-14-20-13-21-25/h3-10,13-14H,11-12H2,1-2H3. The van der Waals surface area contributed by atoms with Crippen LogP contribution in [0.15, 0.2) is 61.2 Å². The smallest absolute Gasteiger partial charge is 0.138 e. The summed E-state index contributed by atoms with van der Waals surface area (Å²) in [6.45, 7) is 1.66. The fraction of sp³-hybridized carbons (Fsp3) is 0.211. The van der Waals surface area contributed by atoms with E-state index in [0.29, 0.717) is 0 Å². The van der Waals surface area contributed by atoms with Crippen molar-refractivity contribution < 1.29 is 0 Å². The van der Waals surface area contributed by atoms with Gasteiger partial charge in [-0.3, -0.25) is 4.90 Å². The zero-order chi connectivity index (χ0) is 17.2. The van der Waals surface area contributed by atoms with Crippen LogP contribution >= 0.6 is 0 Å². The molecule has 6 heteroatoms. The Labute approximate surface area is 146 Å². The molecule has 4 rings (SSSR count). The Hall–Kier alpha value is -2.99. The fourth-order valence-corrected chi connectivity index (χ4v) is 3.04. The largest absolute Gasteiger partial charge is 0.330 e. The molecule has 0 aliphatic rings. The molecule has 0 saturated carbocycles. The van der Waals surface area contributed by atoms with E-state index < -0.39 is 0 Å². The lowest BCUT2D eigenvalue weighted by Crippen LogP contribution is -2.19. The first-order valence-corrected chi connectivity index (χ1v) is 8.23. The van der Waals surface area contributed by atoms with Crippen LogP contribution in [0.5, 0.6) is 0 Å². The zero-order valence-electron chi connectivity index (χ0n) is 14.4. The summed E-state index contributed by atoms with van der Waals surface area (Å²) in [5.41, 5.74) is 4.48. The molecule has 0 fully saturated rings. The van der Waals surface area contributed by atoms with Crippen molar-refractivity contribution in [2.24, 2.45) is 7.05 Å². The van der Waals surface area contributed by atoms with Crippen LogP contribution < -0.4 is 0 Å². The summed E-state index contributed by atoms with van der Waals surface area (Å²) < 4.78 is 3.92. The lowest BCUT2D eigenvalue weighted by Gasteiger charge is -2.16. The third-order valence-corrected chi connectivity index (χ3v) is 4.36. The van der Waals surface area contributed by atoms with E-state index in [1.54, 1.807) is 17.3 Å². The van der Waals surface area contributed by atoms with Gasteiger partial charge in [0, 0.05) is 13.6 Å². The highest BCUT2D eigenvalue weighted by atomic mass is 15.3. The van der Waals surface area contributed by atoms with Crippen LogP contribution in [0.3, 0.4) is 0 Å². The maximum Gasteiger partial charge on any atom is 0.138 e. The lowest BCUT2D eigenvalue weighted by molar-refractivity contribution is 0.307. The van der Waals surface area contributed by atoms with E-state index >= 15 is 0 Å². The molecule has 0 bridgehead atoms. The second kappa shape index (κ2) is 6.49. The topological polar surface area (TPSA) is 51.8 Å². The first-order valence-electron chi connectivity index (χ1n) is 8.23. The molecule has 2 heterocycles. The summed E-state index contributed by atoms with van der Waals surface area (Å²) >= 11 is 0. The summed E-state index contributed by atoms with van der Waals surface area (Å²) in [7, 11) is 4.19. The number of rotatable bonds is 5. The number of aryl methyl sites for hydroxylation is 1. The molecule has 126 valence electrons. The summed E-state index contributed by atoms with van der Waals surface area (Å²) in [6, 6.07) is 16.6. The molecule has 0 saturated heterocycles. The van der Waals surface area contributed by atoms with Crippen molar-refractivity contribution in [2.45, 2.75) is 13.1 Å². The second-order valence-corrected chi connectivity index (χ2v) is 6.25. The zero-order valence-corrected chi connectivity index (χ0v) is 14.4. The highest BCUT2D eigenvalue weighted by molar-refractivity contribution is 5.75. The van der Waals surface area contributed by atoms with Gasteiger partial charge in [0.2, 0.25) is 0 Å². The Morgan fingerprint density at radius 1 is 1.00 bits per heavy atom. The highest BCUT2D eigenvalue weighted by Crippen LogP contribution is 2.16. The van der Waals surface area contributed by atoms with Gasteiger partial charge in [0.05, 0.1) is 23.3 Å². The molecular formula is C19H20N6. The van der Waals surface area contributed by atoms with E-state index in [2.05, 4.69) is 70.0 Å². The number of imidazole rings is 1. The Balaban J connectivity index is 1.46. The number of hydrogen-bond donors (Lipinski definition) is 0. The highest BCUT2D eigenvalue weighted by Gasteiger charge is 2.10. The van der Waals surface area contributed by atoms with Crippen LogP contribution in [0, 0.1) is 0 Å². The maximum atomic E-state index is 4.74. The van der Waals surface area contributed by atoms with Crippen molar-refractivity contribution in [3.8, 4) is 5.69 Å². The predicted molar refractivity (Wildman–Crippen MR) is 97.2 cm³/mol. The average Bonchev–Trinajstić information content (AvgIpc) is 3.25. The van der Waals surface area contributed by atoms with E-state index in [1.807, 2.05) is 12.1 Å². The van der Waals surface area contributed by atoms with Crippen LogP contribution in [0.4, 0.5) is 0 Å². The van der Waals surface area contributed by atoms with Crippen molar-refractivity contribution in [3.63, 3.8) is 0 Å². The molecule has 6 nitrogen and oxygen atoms in total. The molecule has 0 spiro atoms. The van der Waals surface area contributed by atoms with E-state index in [-0.39, 0.29) is 0 Å². The van der Waals surface area contributed by atoms with Gasteiger partial charge in [-0.05, 0) is 36.9 Å². The van der Waals surface area contributed by atoms with Gasteiger partial charge in [-0.25, -0.2) is 14.6 Å². The maximum absolute atomic E-state index is 4.74. The van der Waals surface area contributed by atoms with Crippen molar-refractivity contribution in [1.29, 1.82) is 0 Å². The minimum atomic E-state index is 0.802. The van der Waals surface area contributed by atoms with Crippen molar-refractivity contribution in [1.82, 2.24) is 29.2 Å². The van der Waals surface area contributed by atoms with Crippen LogP contribution in [0.1, 0.15) is 11.4 Å². The van der Waals surface area contributed by atoms with Crippen LogP contribution in [-0.2, 0) is 20.1 Å². The van der Waals surface area contributed by atoms with Gasteiger partial charge in [-0.1, -0.05) is 24.3 Å². The minimum Gasteiger partial charge on any atom is -0.330 e. The molecule has 0 amide bonds. The van der Waals surface area contributed by atoms with Gasteiger partial charge in [0.25, 0.3) is 0 Å². The third kappa shape index (κ3) is 3.16. The van der Waals surface area contributed by atoms with Crippen LogP contribution in [0.25, 0.3) is 16.7 Å². The Bertz CT molecular complexity index is 969. The number of fused-ring (bicyclic) bond motifs is 1. The summed E-state index contributed by atoms with van der Waals surface area (Å²) in [4.78, 5) is 11.0. The molecule has 25 heavy (non-hydrogen) atoms. The number of para-hydroxylation sites is 2. The van der Waals surface area contributed by atoms with Crippen molar-refractivity contribution in [3.05, 3.63) is 72.6 Å². The van der Waals surface area contributed by atoms with Crippen LogP contribution in [0.2, 0.25) is 0 Å². The number of benzene rings is 2. The van der Waals surface area contributed by atoms with Gasteiger partial charge >= 0.3 is 0 Å². The molecule has 4 aromatic rings. The van der Waals surface area contributed by atoms with Crippen LogP contribution in [-0.4, -0.2) is 36.3 Å². The molecule has 2 aromatic heterocycles. The van der Waals surface area contributed by atoms with E-state index in [1.165, 1.54) is 11.1 Å². The Morgan fingerprint density at radius 3 is 2.52 bits per heavy atom. The molecule has 0 atom stereocenters. The van der Waals surface area contributed by atoms with Gasteiger partial charge in [-0.15, -0.1) is 0 Å². The minimum absolute atomic E-state index is 0.802.